The van der Waals surface area contributed by atoms with Crippen molar-refractivity contribution in [3.8, 4) is 0 Å². The minimum atomic E-state index is -3.20. The van der Waals surface area contributed by atoms with E-state index in [4.69, 9.17) is 5.73 Å². The Morgan fingerprint density at radius 1 is 1.50 bits per heavy atom. The predicted octanol–water partition coefficient (Wildman–Crippen LogP) is 2.61. The second-order valence-corrected chi connectivity index (χ2v) is 3.64. The van der Waals surface area contributed by atoms with Gasteiger partial charge in [0.2, 0.25) is 0 Å². The van der Waals surface area contributed by atoms with E-state index in [-0.39, 0.29) is 12.3 Å². The summed E-state index contributed by atoms with van der Waals surface area (Å²) in [7, 11) is 0. The smallest absolute Gasteiger partial charge is 0.343 e. The quantitative estimate of drug-likeness (QED) is 0.286. The molecule has 3 N–H and O–H groups in total. The van der Waals surface area contributed by atoms with Crippen molar-refractivity contribution in [2.75, 3.05) is 12.3 Å². The predicted molar refractivity (Wildman–Crippen MR) is 71.3 cm³/mol. The van der Waals surface area contributed by atoms with Crippen LogP contribution in [0.1, 0.15) is 6.92 Å². The molecule has 0 saturated carbocycles. The van der Waals surface area contributed by atoms with E-state index in [1.54, 1.807) is 18.2 Å². The van der Waals surface area contributed by atoms with E-state index < -0.39 is 23.7 Å². The lowest BCUT2D eigenvalue weighted by atomic mass is 10.2. The van der Waals surface area contributed by atoms with E-state index in [0.717, 1.165) is 6.21 Å². The number of carbonyl (C=O) groups is 1. The van der Waals surface area contributed by atoms with E-state index >= 15 is 0 Å². The third-order valence-corrected chi connectivity index (χ3v) is 2.25. The topological polar surface area (TPSA) is 84.9 Å². The van der Waals surface area contributed by atoms with Gasteiger partial charge in [0.05, 0.1) is 18.0 Å². The summed E-state index contributed by atoms with van der Waals surface area (Å²) in [6, 6.07) is 6.41. The van der Waals surface area contributed by atoms with Gasteiger partial charge in [-0.15, -0.1) is 0 Å². The fourth-order valence-corrected chi connectivity index (χ4v) is 1.29. The zero-order chi connectivity index (χ0) is 15.1. The van der Waals surface area contributed by atoms with E-state index in [2.05, 4.69) is 9.73 Å². The van der Waals surface area contributed by atoms with Crippen molar-refractivity contribution in [2.45, 2.75) is 13.3 Å². The molecule has 0 unspecified atom stereocenters. The van der Waals surface area contributed by atoms with Gasteiger partial charge in [-0.3, -0.25) is 4.99 Å². The maximum Gasteiger partial charge on any atom is 0.343 e. The van der Waals surface area contributed by atoms with Gasteiger partial charge in [0.25, 0.3) is 6.43 Å². The summed E-state index contributed by atoms with van der Waals surface area (Å²) in [5.74, 6) is -2.47. The average molecular weight is 284 g/mol. The molecule has 0 aliphatic heterocycles. The number of hydrogen-bond donors (Lipinski definition) is 2. The Morgan fingerprint density at radius 3 is 2.70 bits per heavy atom. The molecule has 0 bridgehead atoms. The number of ether oxygens (including phenoxy) is 1. The van der Waals surface area contributed by atoms with Crippen LogP contribution < -0.4 is 5.73 Å². The summed E-state index contributed by atoms with van der Waals surface area (Å²) < 4.78 is 29.5. The lowest BCUT2D eigenvalue weighted by Gasteiger charge is -2.06. The molecule has 0 aliphatic carbocycles. The van der Waals surface area contributed by atoms with Gasteiger partial charge in [0.1, 0.15) is 5.57 Å². The Kier molecular flexibility index (Phi) is 5.64. The molecule has 0 atom stereocenters. The van der Waals surface area contributed by atoms with Crippen LogP contribution >= 0.6 is 0 Å². The zero-order valence-corrected chi connectivity index (χ0v) is 10.7. The van der Waals surface area contributed by atoms with Crippen molar-refractivity contribution in [2.24, 2.45) is 4.99 Å². The molecule has 0 spiro atoms. The fraction of sp³-hybridized carbons (Fsp3) is 0.231. The number of nitrogen functional groups attached to an aromatic ring is 1. The number of carbonyl (C=O) groups excluding carboxylic acids is 1. The Balaban J connectivity index is 3.11. The first-order chi connectivity index (χ1) is 9.47. The van der Waals surface area contributed by atoms with E-state index in [9.17, 15) is 18.7 Å². The number of hydrogen-bond acceptors (Lipinski definition) is 5. The summed E-state index contributed by atoms with van der Waals surface area (Å²) in [5, 5.41) is 9.24. The highest BCUT2D eigenvalue weighted by molar-refractivity contribution is 6.10. The Hall–Kier alpha value is -2.44. The number of anilines is 1. The number of aliphatic imine (C=N–C) groups is 1. The third-order valence-electron chi connectivity index (χ3n) is 2.25. The number of para-hydroxylation sites is 2. The van der Waals surface area contributed by atoms with Crippen molar-refractivity contribution in [3.63, 3.8) is 0 Å². The van der Waals surface area contributed by atoms with Crippen LogP contribution in [0.25, 0.3) is 0 Å². The minimum absolute atomic E-state index is 0.0137. The fourth-order valence-electron chi connectivity index (χ4n) is 1.29. The number of aliphatic hydroxyl groups is 1. The highest BCUT2D eigenvalue weighted by atomic mass is 19.3. The number of aliphatic hydroxyl groups excluding tert-OH is 1. The largest absolute Gasteiger partial charge is 0.506 e. The molecular formula is C13H14F2N2O3. The molecule has 5 nitrogen and oxygen atoms in total. The molecule has 1 rings (SSSR count). The molecule has 0 aromatic heterocycles. The Labute approximate surface area is 114 Å². The second-order valence-electron chi connectivity index (χ2n) is 3.64. The van der Waals surface area contributed by atoms with Crippen molar-refractivity contribution in [1.29, 1.82) is 0 Å². The maximum atomic E-state index is 12.5. The molecule has 0 aliphatic rings. The number of alkyl halides is 2. The van der Waals surface area contributed by atoms with Crippen molar-refractivity contribution < 1.29 is 23.4 Å². The monoisotopic (exact) mass is 284 g/mol. The number of rotatable bonds is 5. The number of nitrogens with two attached hydrogens (primary N) is 1. The number of nitrogens with zero attached hydrogens (tertiary/aromatic N) is 1. The molecule has 0 fully saturated rings. The van der Waals surface area contributed by atoms with Gasteiger partial charge >= 0.3 is 5.97 Å². The first-order valence-electron chi connectivity index (χ1n) is 5.74. The molecule has 0 amide bonds. The molecule has 7 heteroatoms. The van der Waals surface area contributed by atoms with Gasteiger partial charge in [-0.2, -0.15) is 0 Å². The van der Waals surface area contributed by atoms with Crippen LogP contribution in [-0.4, -0.2) is 30.3 Å². The summed E-state index contributed by atoms with van der Waals surface area (Å²) in [5.41, 5.74) is 5.51. The van der Waals surface area contributed by atoms with Crippen molar-refractivity contribution >= 4 is 23.6 Å². The second kappa shape index (κ2) is 7.22. The molecule has 0 saturated heterocycles. The lowest BCUT2D eigenvalue weighted by Crippen LogP contribution is -2.14. The molecular weight excluding hydrogens is 270 g/mol. The van der Waals surface area contributed by atoms with Gasteiger partial charge in [-0.25, -0.2) is 13.6 Å². The normalized spacial score (nSPS) is 12.6. The van der Waals surface area contributed by atoms with Crippen LogP contribution in [0, 0.1) is 0 Å². The SMILES string of the molecule is CCOC(=O)/C(C=Nc1ccccc1N)=C(\O)C(F)F. The van der Waals surface area contributed by atoms with Crippen LogP contribution in [0.5, 0.6) is 0 Å². The molecule has 0 heterocycles. The number of allylic oxidation sites excluding steroid dienone is 1. The Morgan fingerprint density at radius 2 is 2.15 bits per heavy atom. The molecule has 1 aromatic carbocycles. The lowest BCUT2D eigenvalue weighted by molar-refractivity contribution is -0.138. The van der Waals surface area contributed by atoms with Crippen LogP contribution in [0.3, 0.4) is 0 Å². The van der Waals surface area contributed by atoms with Crippen LogP contribution in [0.15, 0.2) is 40.6 Å². The Bertz CT molecular complexity index is 542. The van der Waals surface area contributed by atoms with E-state index in [1.165, 1.54) is 13.0 Å². The number of esters is 1. The third kappa shape index (κ3) is 4.04. The van der Waals surface area contributed by atoms with Crippen molar-refractivity contribution in [1.82, 2.24) is 0 Å². The van der Waals surface area contributed by atoms with Gasteiger partial charge < -0.3 is 15.6 Å². The molecule has 1 aromatic rings. The molecule has 108 valence electrons. The average Bonchev–Trinajstić information content (AvgIpc) is 2.41. The van der Waals surface area contributed by atoms with E-state index in [0.29, 0.717) is 5.69 Å². The minimum Gasteiger partial charge on any atom is -0.506 e. The van der Waals surface area contributed by atoms with Crippen LogP contribution in [0.2, 0.25) is 0 Å². The van der Waals surface area contributed by atoms with Gasteiger partial charge in [-0.05, 0) is 19.1 Å². The van der Waals surface area contributed by atoms with Crippen molar-refractivity contribution in [3.05, 3.63) is 35.6 Å². The summed E-state index contributed by atoms with van der Waals surface area (Å²) >= 11 is 0. The zero-order valence-electron chi connectivity index (χ0n) is 10.7. The van der Waals surface area contributed by atoms with Crippen LogP contribution in [-0.2, 0) is 9.53 Å². The van der Waals surface area contributed by atoms with E-state index in [1.807, 2.05) is 0 Å². The highest BCUT2D eigenvalue weighted by Crippen LogP contribution is 2.21. The number of benzene rings is 1. The van der Waals surface area contributed by atoms with Crippen LogP contribution in [0.4, 0.5) is 20.2 Å². The number of halogens is 2. The summed E-state index contributed by atoms with van der Waals surface area (Å²) in [4.78, 5) is 15.3. The van der Waals surface area contributed by atoms with Gasteiger partial charge in [0, 0.05) is 6.21 Å². The maximum absolute atomic E-state index is 12.5. The first kappa shape index (κ1) is 15.6. The summed E-state index contributed by atoms with van der Waals surface area (Å²) in [6.45, 7) is 1.50. The highest BCUT2D eigenvalue weighted by Gasteiger charge is 2.21. The van der Waals surface area contributed by atoms with Gasteiger partial charge in [0.15, 0.2) is 5.76 Å². The van der Waals surface area contributed by atoms with Gasteiger partial charge in [-0.1, -0.05) is 12.1 Å². The molecule has 0 radical (unpaired) electrons. The first-order valence-corrected chi connectivity index (χ1v) is 5.74. The molecule has 20 heavy (non-hydrogen) atoms. The standard InChI is InChI=1S/C13H14F2N2O3/c1-2-20-13(19)8(11(18)12(14)15)7-17-10-6-4-3-5-9(10)16/h3-7,12,18H,2,16H2,1H3/b11-8-,17-7?. The summed E-state index contributed by atoms with van der Waals surface area (Å²) in [6.07, 6.45) is -2.39.